The van der Waals surface area contributed by atoms with Crippen LogP contribution in [-0.4, -0.2) is 71.1 Å². The van der Waals surface area contributed by atoms with Crippen molar-refractivity contribution in [3.8, 4) is 22.8 Å². The predicted octanol–water partition coefficient (Wildman–Crippen LogP) is 3.52. The van der Waals surface area contributed by atoms with Gasteiger partial charge in [-0.2, -0.15) is 5.10 Å². The maximum Gasteiger partial charge on any atom is 0.409 e. The van der Waals surface area contributed by atoms with Gasteiger partial charge in [0.1, 0.15) is 17.4 Å². The number of carbonyl (C=O) groups excluding carboxylic acids is 1. The summed E-state index contributed by atoms with van der Waals surface area (Å²) in [7, 11) is 2.89. The molecule has 10 heteroatoms. The number of ether oxygens (including phenoxy) is 2. The van der Waals surface area contributed by atoms with Crippen LogP contribution < -0.4 is 9.64 Å². The third kappa shape index (κ3) is 3.87. The van der Waals surface area contributed by atoms with E-state index in [0.717, 1.165) is 16.7 Å². The van der Waals surface area contributed by atoms with E-state index in [4.69, 9.17) is 14.5 Å². The monoisotopic (exact) mass is 462 g/mol. The largest absolute Gasteiger partial charge is 0.496 e. The van der Waals surface area contributed by atoms with Gasteiger partial charge in [-0.3, -0.25) is 4.98 Å². The number of piperazine rings is 1. The molecule has 0 bridgehead atoms. The van der Waals surface area contributed by atoms with Gasteiger partial charge in [0.05, 0.1) is 37.2 Å². The normalized spacial score (nSPS) is 13.9. The Balaban J connectivity index is 1.48. The minimum absolute atomic E-state index is 0.296. The van der Waals surface area contributed by atoms with Crippen molar-refractivity contribution in [1.29, 1.82) is 0 Å². The fourth-order valence-corrected chi connectivity index (χ4v) is 4.12. The summed E-state index contributed by atoms with van der Waals surface area (Å²) in [5.74, 6) is 1.41. The average Bonchev–Trinajstić information content (AvgIpc) is 3.31. The molecule has 1 aliphatic rings. The Morgan fingerprint density at radius 1 is 1.00 bits per heavy atom. The van der Waals surface area contributed by atoms with Gasteiger partial charge < -0.3 is 19.3 Å². The van der Waals surface area contributed by atoms with Crippen LogP contribution in [0.25, 0.3) is 28.0 Å². The van der Waals surface area contributed by atoms with Gasteiger partial charge >= 0.3 is 6.09 Å². The minimum Gasteiger partial charge on any atom is -0.496 e. The van der Waals surface area contributed by atoms with Gasteiger partial charge in [0, 0.05) is 37.8 Å². The van der Waals surface area contributed by atoms with Gasteiger partial charge in [-0.15, -0.1) is 0 Å². The highest BCUT2D eigenvalue weighted by Gasteiger charge is 2.23. The molecule has 0 radical (unpaired) electrons. The van der Waals surface area contributed by atoms with Crippen LogP contribution in [0, 0.1) is 5.82 Å². The highest BCUT2D eigenvalue weighted by Crippen LogP contribution is 2.33. The lowest BCUT2D eigenvalue weighted by Gasteiger charge is -2.34. The molecule has 1 fully saturated rings. The van der Waals surface area contributed by atoms with Gasteiger partial charge in [-0.05, 0) is 30.3 Å². The standard InChI is InChI=1S/C24H23FN6O3/c1-33-20-6-3-5-17(25)23(20)18-13-19-16(14-26-18)15-27-31(19)22-8-4-7-21(28-22)29-9-11-30(12-10-29)24(32)34-2/h3-8,13-15H,9-12H2,1-2H3. The summed E-state index contributed by atoms with van der Waals surface area (Å²) in [6.07, 6.45) is 3.05. The van der Waals surface area contributed by atoms with Gasteiger partial charge in [-0.1, -0.05) is 12.1 Å². The van der Waals surface area contributed by atoms with E-state index in [1.165, 1.54) is 20.3 Å². The number of pyridine rings is 2. The Kier molecular flexibility index (Phi) is 5.70. The van der Waals surface area contributed by atoms with Crippen molar-refractivity contribution in [3.63, 3.8) is 0 Å². The summed E-state index contributed by atoms with van der Waals surface area (Å²) in [5, 5.41) is 5.30. The van der Waals surface area contributed by atoms with E-state index in [9.17, 15) is 9.18 Å². The summed E-state index contributed by atoms with van der Waals surface area (Å²) in [6.45, 7) is 2.41. The van der Waals surface area contributed by atoms with Crippen LogP contribution >= 0.6 is 0 Å². The van der Waals surface area contributed by atoms with E-state index in [1.807, 2.05) is 18.2 Å². The number of halogens is 1. The van der Waals surface area contributed by atoms with Gasteiger partial charge in [0.2, 0.25) is 0 Å². The van der Waals surface area contributed by atoms with Crippen molar-refractivity contribution in [2.75, 3.05) is 45.3 Å². The van der Waals surface area contributed by atoms with E-state index in [0.29, 0.717) is 49.0 Å². The SMILES string of the molecule is COC(=O)N1CCN(c2cccc(-n3ncc4cnc(-c5c(F)cccc5OC)cc43)n2)CC1. The molecule has 0 saturated carbocycles. The highest BCUT2D eigenvalue weighted by atomic mass is 19.1. The van der Waals surface area contributed by atoms with E-state index in [1.54, 1.807) is 40.2 Å². The topological polar surface area (TPSA) is 85.6 Å². The molecule has 4 aromatic rings. The summed E-state index contributed by atoms with van der Waals surface area (Å²) in [5.41, 5.74) is 1.49. The van der Waals surface area contributed by atoms with E-state index < -0.39 is 5.82 Å². The quantitative estimate of drug-likeness (QED) is 0.459. The van der Waals surface area contributed by atoms with Crippen LogP contribution in [0.3, 0.4) is 0 Å². The molecule has 0 N–H and O–H groups in total. The molecule has 9 nitrogen and oxygen atoms in total. The maximum absolute atomic E-state index is 14.6. The van der Waals surface area contributed by atoms with Gasteiger partial charge in [-0.25, -0.2) is 18.9 Å². The van der Waals surface area contributed by atoms with E-state index >= 15 is 0 Å². The van der Waals surface area contributed by atoms with Crippen molar-refractivity contribution in [2.45, 2.75) is 0 Å². The first-order valence-corrected chi connectivity index (χ1v) is 10.8. The molecule has 0 spiro atoms. The number of aromatic nitrogens is 4. The number of anilines is 1. The number of carbonyl (C=O) groups is 1. The Bertz CT molecular complexity index is 1350. The van der Waals surface area contributed by atoms with Crippen LogP contribution in [0.2, 0.25) is 0 Å². The van der Waals surface area contributed by atoms with Crippen molar-refractivity contribution >= 4 is 22.8 Å². The zero-order valence-electron chi connectivity index (χ0n) is 18.8. The lowest BCUT2D eigenvalue weighted by Crippen LogP contribution is -2.49. The lowest BCUT2D eigenvalue weighted by atomic mass is 10.1. The second kappa shape index (κ2) is 8.97. The molecular weight excluding hydrogens is 439 g/mol. The molecule has 0 aliphatic carbocycles. The maximum atomic E-state index is 14.6. The van der Waals surface area contributed by atoms with Crippen LogP contribution in [0.1, 0.15) is 0 Å². The molecule has 34 heavy (non-hydrogen) atoms. The number of benzene rings is 1. The number of nitrogens with zero attached hydrogens (tertiary/aromatic N) is 6. The summed E-state index contributed by atoms with van der Waals surface area (Å²) in [4.78, 5) is 24.8. The second-order valence-electron chi connectivity index (χ2n) is 7.80. The second-order valence-corrected chi connectivity index (χ2v) is 7.80. The van der Waals surface area contributed by atoms with Crippen molar-refractivity contribution in [3.05, 3.63) is 60.7 Å². The van der Waals surface area contributed by atoms with Crippen LogP contribution in [-0.2, 0) is 4.74 Å². The molecule has 1 aromatic carbocycles. The molecule has 1 saturated heterocycles. The molecule has 0 atom stereocenters. The van der Waals surface area contributed by atoms with Crippen molar-refractivity contribution in [1.82, 2.24) is 24.6 Å². The lowest BCUT2D eigenvalue weighted by molar-refractivity contribution is 0.121. The first-order chi connectivity index (χ1) is 16.6. The third-order valence-corrected chi connectivity index (χ3v) is 5.88. The van der Waals surface area contributed by atoms with E-state index in [2.05, 4.69) is 15.0 Å². The number of methoxy groups -OCH3 is 2. The Hall–Kier alpha value is -4.21. The Labute approximate surface area is 195 Å². The Morgan fingerprint density at radius 2 is 1.76 bits per heavy atom. The van der Waals surface area contributed by atoms with Crippen LogP contribution in [0.4, 0.5) is 15.0 Å². The molecule has 0 unspecified atom stereocenters. The van der Waals surface area contributed by atoms with Gasteiger partial charge in [0.15, 0.2) is 5.82 Å². The van der Waals surface area contributed by atoms with Gasteiger partial charge in [0.25, 0.3) is 0 Å². The molecule has 5 rings (SSSR count). The zero-order valence-corrected chi connectivity index (χ0v) is 18.8. The molecule has 174 valence electrons. The summed E-state index contributed by atoms with van der Waals surface area (Å²) in [6, 6.07) is 12.2. The fourth-order valence-electron chi connectivity index (χ4n) is 4.12. The summed E-state index contributed by atoms with van der Waals surface area (Å²) >= 11 is 0. The molecular formula is C24H23FN6O3. The third-order valence-electron chi connectivity index (χ3n) is 5.88. The number of hydrogen-bond donors (Lipinski definition) is 0. The molecule has 1 aliphatic heterocycles. The first-order valence-electron chi connectivity index (χ1n) is 10.8. The number of fused-ring (bicyclic) bond motifs is 1. The minimum atomic E-state index is -0.413. The number of amides is 1. The average molecular weight is 462 g/mol. The fraction of sp³-hybridized carbons (Fsp3) is 0.250. The molecule has 1 amide bonds. The van der Waals surface area contributed by atoms with Crippen LogP contribution in [0.15, 0.2) is 54.9 Å². The zero-order chi connectivity index (χ0) is 23.7. The number of hydrogen-bond acceptors (Lipinski definition) is 7. The Morgan fingerprint density at radius 3 is 2.53 bits per heavy atom. The van der Waals surface area contributed by atoms with Crippen LogP contribution in [0.5, 0.6) is 5.75 Å². The van der Waals surface area contributed by atoms with Crippen molar-refractivity contribution < 1.29 is 18.7 Å². The number of rotatable bonds is 4. The first kappa shape index (κ1) is 21.6. The highest BCUT2D eigenvalue weighted by molar-refractivity contribution is 5.84. The molecule has 3 aromatic heterocycles. The predicted molar refractivity (Wildman–Crippen MR) is 125 cm³/mol. The smallest absolute Gasteiger partial charge is 0.409 e. The van der Waals surface area contributed by atoms with Crippen molar-refractivity contribution in [2.24, 2.45) is 0 Å². The summed E-state index contributed by atoms with van der Waals surface area (Å²) < 4.78 is 26.5. The van der Waals surface area contributed by atoms with E-state index in [-0.39, 0.29) is 6.09 Å². The molecule has 4 heterocycles.